The van der Waals surface area contributed by atoms with E-state index in [9.17, 15) is 4.79 Å². The standard InChI is InChI=1S/C11H11Cl2NOS/c12-7-3-4-8(13)9(6-7)14-11(15)10-2-1-5-16-10/h3-4,6,10H,1-2,5H2,(H,14,15). The van der Waals surface area contributed by atoms with Gasteiger partial charge in [0.05, 0.1) is 16.0 Å². The van der Waals surface area contributed by atoms with Crippen LogP contribution in [0, 0.1) is 0 Å². The molecule has 0 spiro atoms. The Labute approximate surface area is 109 Å². The van der Waals surface area contributed by atoms with Crippen LogP contribution >= 0.6 is 35.0 Å². The third kappa shape index (κ3) is 2.84. The first-order valence-corrected chi connectivity index (χ1v) is 6.85. The van der Waals surface area contributed by atoms with Gasteiger partial charge in [-0.1, -0.05) is 23.2 Å². The largest absolute Gasteiger partial charge is 0.324 e. The summed E-state index contributed by atoms with van der Waals surface area (Å²) in [6.45, 7) is 0. The Morgan fingerprint density at radius 1 is 1.44 bits per heavy atom. The maximum Gasteiger partial charge on any atom is 0.237 e. The molecule has 1 aliphatic rings. The lowest BCUT2D eigenvalue weighted by Gasteiger charge is -2.11. The molecule has 1 aliphatic heterocycles. The summed E-state index contributed by atoms with van der Waals surface area (Å²) in [5, 5.41) is 3.95. The summed E-state index contributed by atoms with van der Waals surface area (Å²) in [5.74, 6) is 1.08. The third-order valence-corrected chi connectivity index (χ3v) is 4.35. The summed E-state index contributed by atoms with van der Waals surface area (Å²) in [6, 6.07) is 5.05. The number of benzene rings is 1. The van der Waals surface area contributed by atoms with Crippen LogP contribution in [0.3, 0.4) is 0 Å². The van der Waals surface area contributed by atoms with Gasteiger partial charge in [-0.3, -0.25) is 4.79 Å². The molecule has 0 bridgehead atoms. The second-order valence-corrected chi connectivity index (χ2v) is 5.77. The monoisotopic (exact) mass is 275 g/mol. The molecule has 1 heterocycles. The minimum atomic E-state index is 0.0201. The summed E-state index contributed by atoms with van der Waals surface area (Å²) in [6.07, 6.45) is 2.04. The van der Waals surface area contributed by atoms with E-state index in [1.54, 1.807) is 30.0 Å². The SMILES string of the molecule is O=C(Nc1cc(Cl)ccc1Cl)C1CCCS1. The van der Waals surface area contributed by atoms with Crippen molar-refractivity contribution in [3.05, 3.63) is 28.2 Å². The van der Waals surface area contributed by atoms with Gasteiger partial charge < -0.3 is 5.32 Å². The van der Waals surface area contributed by atoms with E-state index in [2.05, 4.69) is 5.32 Å². The minimum Gasteiger partial charge on any atom is -0.324 e. The molecule has 1 amide bonds. The van der Waals surface area contributed by atoms with Crippen molar-refractivity contribution in [2.24, 2.45) is 0 Å². The van der Waals surface area contributed by atoms with Gasteiger partial charge in [0.25, 0.3) is 0 Å². The first-order chi connectivity index (χ1) is 7.66. The highest BCUT2D eigenvalue weighted by molar-refractivity contribution is 8.00. The Kier molecular flexibility index (Phi) is 4.00. The number of hydrogen-bond donors (Lipinski definition) is 1. The number of hydrogen-bond acceptors (Lipinski definition) is 2. The van der Waals surface area contributed by atoms with Gasteiger partial charge in [-0.2, -0.15) is 0 Å². The summed E-state index contributed by atoms with van der Waals surface area (Å²) in [4.78, 5) is 11.8. The molecule has 0 radical (unpaired) electrons. The zero-order valence-electron chi connectivity index (χ0n) is 8.50. The lowest BCUT2D eigenvalue weighted by atomic mass is 10.2. The van der Waals surface area contributed by atoms with E-state index < -0.39 is 0 Å². The topological polar surface area (TPSA) is 29.1 Å². The Morgan fingerprint density at radius 2 is 2.25 bits per heavy atom. The predicted octanol–water partition coefficient (Wildman–Crippen LogP) is 3.83. The van der Waals surface area contributed by atoms with Crippen molar-refractivity contribution in [2.75, 3.05) is 11.1 Å². The van der Waals surface area contributed by atoms with Crippen LogP contribution in [-0.2, 0) is 4.79 Å². The van der Waals surface area contributed by atoms with Crippen LogP contribution in [0.4, 0.5) is 5.69 Å². The fourth-order valence-corrected chi connectivity index (χ4v) is 3.09. The third-order valence-electron chi connectivity index (χ3n) is 2.41. The zero-order valence-corrected chi connectivity index (χ0v) is 10.8. The van der Waals surface area contributed by atoms with Gasteiger partial charge in [0.1, 0.15) is 0 Å². The molecule has 0 saturated carbocycles. The molecule has 1 atom stereocenters. The zero-order chi connectivity index (χ0) is 11.5. The molecule has 1 aromatic rings. The normalized spacial score (nSPS) is 19.8. The van der Waals surface area contributed by atoms with Gasteiger partial charge in [-0.25, -0.2) is 0 Å². The van der Waals surface area contributed by atoms with Gasteiger partial charge >= 0.3 is 0 Å². The van der Waals surface area contributed by atoms with Crippen LogP contribution in [-0.4, -0.2) is 16.9 Å². The molecule has 2 rings (SSSR count). The Morgan fingerprint density at radius 3 is 2.94 bits per heavy atom. The van der Waals surface area contributed by atoms with Crippen molar-refractivity contribution in [3.8, 4) is 0 Å². The van der Waals surface area contributed by atoms with Crippen LogP contribution in [0.2, 0.25) is 10.0 Å². The average Bonchev–Trinajstić information content (AvgIpc) is 2.76. The van der Waals surface area contributed by atoms with E-state index >= 15 is 0 Å². The molecular weight excluding hydrogens is 265 g/mol. The molecule has 5 heteroatoms. The highest BCUT2D eigenvalue weighted by Crippen LogP contribution is 2.30. The fourth-order valence-electron chi connectivity index (χ4n) is 1.59. The highest BCUT2D eigenvalue weighted by atomic mass is 35.5. The maximum absolute atomic E-state index is 11.8. The van der Waals surface area contributed by atoms with Crippen LogP contribution in [0.1, 0.15) is 12.8 Å². The van der Waals surface area contributed by atoms with E-state index in [1.807, 2.05) is 0 Å². The predicted molar refractivity (Wildman–Crippen MR) is 70.6 cm³/mol. The number of halogens is 2. The minimum absolute atomic E-state index is 0.0201. The van der Waals surface area contributed by atoms with Crippen LogP contribution in [0.5, 0.6) is 0 Å². The molecule has 1 unspecified atom stereocenters. The summed E-state index contributed by atoms with van der Waals surface area (Å²) < 4.78 is 0. The van der Waals surface area contributed by atoms with Crippen LogP contribution in [0.15, 0.2) is 18.2 Å². The lowest BCUT2D eigenvalue weighted by molar-refractivity contribution is -0.115. The van der Waals surface area contributed by atoms with Gasteiger partial charge in [-0.15, -0.1) is 11.8 Å². The van der Waals surface area contributed by atoms with Gasteiger partial charge in [0, 0.05) is 5.02 Å². The van der Waals surface area contributed by atoms with E-state index in [4.69, 9.17) is 23.2 Å². The smallest absolute Gasteiger partial charge is 0.237 e. The number of thioether (sulfide) groups is 1. The van der Waals surface area contributed by atoms with E-state index in [0.717, 1.165) is 18.6 Å². The average molecular weight is 276 g/mol. The van der Waals surface area contributed by atoms with Crippen molar-refractivity contribution < 1.29 is 4.79 Å². The second-order valence-electron chi connectivity index (χ2n) is 3.62. The summed E-state index contributed by atoms with van der Waals surface area (Å²) >= 11 is 13.5. The van der Waals surface area contributed by atoms with Crippen molar-refractivity contribution in [1.29, 1.82) is 0 Å². The highest BCUT2D eigenvalue weighted by Gasteiger charge is 2.23. The van der Waals surface area contributed by atoms with E-state index in [0.29, 0.717) is 15.7 Å². The first kappa shape index (κ1) is 12.1. The van der Waals surface area contributed by atoms with Gasteiger partial charge in [0.15, 0.2) is 0 Å². The van der Waals surface area contributed by atoms with Crippen LogP contribution < -0.4 is 5.32 Å². The number of carbonyl (C=O) groups is 1. The number of nitrogens with one attached hydrogen (secondary N) is 1. The number of anilines is 1. The summed E-state index contributed by atoms with van der Waals surface area (Å²) in [5.41, 5.74) is 0.590. The maximum atomic E-state index is 11.8. The Balaban J connectivity index is 2.07. The number of amides is 1. The number of rotatable bonds is 2. The molecule has 0 aliphatic carbocycles. The molecule has 86 valence electrons. The van der Waals surface area contributed by atoms with Gasteiger partial charge in [0.2, 0.25) is 5.91 Å². The molecule has 16 heavy (non-hydrogen) atoms. The molecule has 1 saturated heterocycles. The quantitative estimate of drug-likeness (QED) is 0.889. The molecule has 0 aromatic heterocycles. The van der Waals surface area contributed by atoms with Crippen molar-refractivity contribution in [3.63, 3.8) is 0 Å². The first-order valence-electron chi connectivity index (χ1n) is 5.04. The molecule has 1 aromatic carbocycles. The van der Waals surface area contributed by atoms with Gasteiger partial charge in [-0.05, 0) is 36.8 Å². The second kappa shape index (κ2) is 5.30. The van der Waals surface area contributed by atoms with E-state index in [1.165, 1.54) is 0 Å². The number of carbonyl (C=O) groups excluding carboxylic acids is 1. The van der Waals surface area contributed by atoms with Crippen molar-refractivity contribution >= 4 is 46.6 Å². The Hall–Kier alpha value is -0.380. The fraction of sp³-hybridized carbons (Fsp3) is 0.364. The molecule has 2 nitrogen and oxygen atoms in total. The van der Waals surface area contributed by atoms with E-state index in [-0.39, 0.29) is 11.2 Å². The molecule has 1 N–H and O–H groups in total. The molecular formula is C11H11Cl2NOS. The Bertz CT molecular complexity index is 405. The summed E-state index contributed by atoms with van der Waals surface area (Å²) in [7, 11) is 0. The lowest BCUT2D eigenvalue weighted by Crippen LogP contribution is -2.23. The van der Waals surface area contributed by atoms with Crippen molar-refractivity contribution in [2.45, 2.75) is 18.1 Å². The van der Waals surface area contributed by atoms with Crippen LogP contribution in [0.25, 0.3) is 0 Å². The molecule has 1 fully saturated rings. The van der Waals surface area contributed by atoms with Crippen molar-refractivity contribution in [1.82, 2.24) is 0 Å².